The van der Waals surface area contributed by atoms with Crippen molar-refractivity contribution in [1.29, 1.82) is 0 Å². The number of methoxy groups -OCH3 is 2. The smallest absolute Gasteiger partial charge is 0.471 e. The van der Waals surface area contributed by atoms with Crippen molar-refractivity contribution >= 4 is 12.0 Å². The maximum Gasteiger partial charge on any atom is 0.471 e. The quantitative estimate of drug-likeness (QED) is 0.771. The predicted octanol–water partition coefficient (Wildman–Crippen LogP) is 3.51. The van der Waals surface area contributed by atoms with Crippen molar-refractivity contribution in [2.24, 2.45) is 0 Å². The number of carbonyl (C=O) groups excluding carboxylic acids is 1. The van der Waals surface area contributed by atoms with Crippen LogP contribution >= 0.6 is 0 Å². The topological polar surface area (TPSA) is 47.6 Å². The van der Waals surface area contributed by atoms with Gasteiger partial charge in [0.15, 0.2) is 0 Å². The molecule has 1 aromatic carbocycles. The Balaban J connectivity index is 3.02. The molecule has 1 N–H and O–H groups in total. The lowest BCUT2D eigenvalue weighted by molar-refractivity contribution is -0.174. The first-order valence-electron chi connectivity index (χ1n) is 7.14. The zero-order valence-corrected chi connectivity index (χ0v) is 13.7. The highest BCUT2D eigenvalue weighted by Crippen LogP contribution is 2.32. The third-order valence-corrected chi connectivity index (χ3v) is 3.18. The lowest BCUT2D eigenvalue weighted by Crippen LogP contribution is -2.42. The molecule has 0 heterocycles. The molecule has 1 atom stereocenters. The number of benzene rings is 1. The Morgan fingerprint density at radius 3 is 2.25 bits per heavy atom. The van der Waals surface area contributed by atoms with E-state index in [2.05, 4.69) is 6.58 Å². The van der Waals surface area contributed by atoms with Gasteiger partial charge in [-0.1, -0.05) is 18.7 Å². The van der Waals surface area contributed by atoms with Crippen LogP contribution in [0.4, 0.5) is 13.2 Å². The monoisotopic (exact) mass is 343 g/mol. The molecule has 0 bridgehead atoms. The zero-order chi connectivity index (χ0) is 18.3. The van der Waals surface area contributed by atoms with Crippen LogP contribution in [0.2, 0.25) is 0 Å². The van der Waals surface area contributed by atoms with Crippen molar-refractivity contribution in [1.82, 2.24) is 5.32 Å². The van der Waals surface area contributed by atoms with Crippen molar-refractivity contribution in [2.45, 2.75) is 25.6 Å². The number of hydrogen-bond acceptors (Lipinski definition) is 3. The Morgan fingerprint density at radius 1 is 1.29 bits per heavy atom. The number of halogens is 3. The summed E-state index contributed by atoms with van der Waals surface area (Å²) in [5.41, 5.74) is 1.37. The highest BCUT2D eigenvalue weighted by Gasteiger charge is 2.39. The molecule has 0 aliphatic carbocycles. The fraction of sp³-hybridized carbons (Fsp3) is 0.353. The normalized spacial score (nSPS) is 12.8. The molecular formula is C17H20F3NO3. The van der Waals surface area contributed by atoms with Crippen molar-refractivity contribution < 1.29 is 27.4 Å². The van der Waals surface area contributed by atoms with E-state index in [9.17, 15) is 18.0 Å². The van der Waals surface area contributed by atoms with Gasteiger partial charge in [-0.2, -0.15) is 13.2 Å². The van der Waals surface area contributed by atoms with Crippen LogP contribution in [0.1, 0.15) is 18.1 Å². The molecule has 7 heteroatoms. The molecule has 0 spiro atoms. The summed E-state index contributed by atoms with van der Waals surface area (Å²) in [5.74, 6) is -0.937. The van der Waals surface area contributed by atoms with E-state index < -0.39 is 18.1 Å². The molecule has 4 nitrogen and oxygen atoms in total. The number of carbonyl (C=O) groups is 1. The van der Waals surface area contributed by atoms with Gasteiger partial charge in [-0.25, -0.2) is 0 Å². The second-order valence-corrected chi connectivity index (χ2v) is 5.09. The fourth-order valence-electron chi connectivity index (χ4n) is 2.15. The lowest BCUT2D eigenvalue weighted by Gasteiger charge is -2.17. The lowest BCUT2D eigenvalue weighted by atomic mass is 10.0. The third kappa shape index (κ3) is 5.33. The predicted molar refractivity (Wildman–Crippen MR) is 86.1 cm³/mol. The minimum atomic E-state index is -4.90. The van der Waals surface area contributed by atoms with Crippen LogP contribution in [0, 0.1) is 0 Å². The molecule has 0 aromatic heterocycles. The van der Waals surface area contributed by atoms with Crippen LogP contribution in [-0.4, -0.2) is 32.3 Å². The van der Waals surface area contributed by atoms with Gasteiger partial charge in [0.25, 0.3) is 0 Å². The second-order valence-electron chi connectivity index (χ2n) is 5.09. The highest BCUT2D eigenvalue weighted by molar-refractivity contribution is 5.81. The maximum absolute atomic E-state index is 12.3. The molecule has 1 unspecified atom stereocenters. The van der Waals surface area contributed by atoms with Crippen LogP contribution in [0.15, 0.2) is 30.9 Å². The molecule has 0 aliphatic rings. The first-order valence-corrected chi connectivity index (χ1v) is 7.14. The van der Waals surface area contributed by atoms with Crippen LogP contribution in [0.5, 0.6) is 11.5 Å². The molecule has 0 saturated heterocycles. The van der Waals surface area contributed by atoms with Gasteiger partial charge in [-0.3, -0.25) is 4.79 Å². The minimum absolute atomic E-state index is 0.194. The number of allylic oxidation sites excluding steroid dienone is 2. The van der Waals surface area contributed by atoms with Gasteiger partial charge >= 0.3 is 12.1 Å². The summed E-state index contributed by atoms with van der Waals surface area (Å²) >= 11 is 0. The van der Waals surface area contributed by atoms with E-state index >= 15 is 0 Å². The number of amides is 1. The molecular weight excluding hydrogens is 323 g/mol. The highest BCUT2D eigenvalue weighted by atomic mass is 19.4. The Kier molecular flexibility index (Phi) is 6.88. The van der Waals surface area contributed by atoms with Gasteiger partial charge in [-0.05, 0) is 37.1 Å². The molecule has 0 radical (unpaired) electrons. The molecule has 1 rings (SSSR count). The summed E-state index contributed by atoms with van der Waals surface area (Å²) in [6, 6.07) is 2.69. The standard InChI is InChI=1S/C17H20F3NO3/c1-5-6-7-13-14(23-3)9-12(10-15(13)24-4)8-11(2)21-16(22)17(18,19)20/h5-7,9-11H,1,8H2,2-4H3,(H,21,22). The van der Waals surface area contributed by atoms with Crippen molar-refractivity contribution in [3.63, 3.8) is 0 Å². The average molecular weight is 343 g/mol. The summed E-state index contributed by atoms with van der Waals surface area (Å²) in [4.78, 5) is 11.0. The molecule has 0 saturated carbocycles. The molecule has 0 fully saturated rings. The molecule has 1 amide bonds. The first-order chi connectivity index (χ1) is 11.2. The van der Waals surface area contributed by atoms with Gasteiger partial charge in [0.2, 0.25) is 0 Å². The largest absolute Gasteiger partial charge is 0.496 e. The van der Waals surface area contributed by atoms with Gasteiger partial charge in [0.1, 0.15) is 11.5 Å². The Hall–Kier alpha value is -2.44. The van der Waals surface area contributed by atoms with Gasteiger partial charge in [-0.15, -0.1) is 0 Å². The molecule has 24 heavy (non-hydrogen) atoms. The van der Waals surface area contributed by atoms with Gasteiger partial charge in [0, 0.05) is 6.04 Å². The SMILES string of the molecule is C=CC=Cc1c(OC)cc(CC(C)NC(=O)C(F)(F)F)cc1OC. The zero-order valence-electron chi connectivity index (χ0n) is 13.7. The molecule has 1 aromatic rings. The fourth-order valence-corrected chi connectivity index (χ4v) is 2.15. The van der Waals surface area contributed by atoms with E-state index in [4.69, 9.17) is 9.47 Å². The number of alkyl halides is 3. The average Bonchev–Trinajstić information content (AvgIpc) is 2.51. The number of hydrogen-bond donors (Lipinski definition) is 1. The van der Waals surface area contributed by atoms with Crippen LogP contribution < -0.4 is 14.8 Å². The van der Waals surface area contributed by atoms with Gasteiger partial charge < -0.3 is 14.8 Å². The van der Waals surface area contributed by atoms with E-state index in [0.29, 0.717) is 22.6 Å². The summed E-state index contributed by atoms with van der Waals surface area (Å²) in [5, 5.41) is 1.92. The Bertz CT molecular complexity index is 599. The van der Waals surface area contributed by atoms with E-state index in [-0.39, 0.29) is 6.42 Å². The van der Waals surface area contributed by atoms with E-state index in [1.54, 1.807) is 30.4 Å². The number of ether oxygens (including phenoxy) is 2. The second kappa shape index (κ2) is 8.42. The summed E-state index contributed by atoms with van der Waals surface area (Å²) in [6.45, 7) is 5.08. The third-order valence-electron chi connectivity index (χ3n) is 3.18. The van der Waals surface area contributed by atoms with Crippen LogP contribution in [0.3, 0.4) is 0 Å². The number of rotatable bonds is 7. The molecule has 132 valence electrons. The summed E-state index contributed by atoms with van der Waals surface area (Å²) in [7, 11) is 2.97. The summed E-state index contributed by atoms with van der Waals surface area (Å²) in [6.07, 6.45) is 0.361. The summed E-state index contributed by atoms with van der Waals surface area (Å²) < 4.78 is 47.5. The van der Waals surface area contributed by atoms with Crippen LogP contribution in [0.25, 0.3) is 6.08 Å². The number of nitrogens with one attached hydrogen (secondary N) is 1. The minimum Gasteiger partial charge on any atom is -0.496 e. The van der Waals surface area contributed by atoms with Crippen LogP contribution in [-0.2, 0) is 11.2 Å². The Morgan fingerprint density at radius 2 is 1.83 bits per heavy atom. The van der Waals surface area contributed by atoms with Gasteiger partial charge in [0.05, 0.1) is 19.8 Å². The van der Waals surface area contributed by atoms with E-state index in [1.165, 1.54) is 21.1 Å². The molecule has 0 aliphatic heterocycles. The Labute approximate surface area is 139 Å². The first kappa shape index (κ1) is 19.6. The van der Waals surface area contributed by atoms with Crippen molar-refractivity contribution in [3.05, 3.63) is 42.0 Å². The van der Waals surface area contributed by atoms with Crippen molar-refractivity contribution in [3.8, 4) is 11.5 Å². The van der Waals surface area contributed by atoms with E-state index in [1.807, 2.05) is 5.32 Å². The maximum atomic E-state index is 12.3. The van der Waals surface area contributed by atoms with E-state index in [0.717, 1.165) is 0 Å². The van der Waals surface area contributed by atoms with Crippen molar-refractivity contribution in [2.75, 3.05) is 14.2 Å².